The molecule has 0 spiro atoms. The third-order valence-electron chi connectivity index (χ3n) is 9.44. The van der Waals surface area contributed by atoms with Crippen molar-refractivity contribution in [1.29, 1.82) is 0 Å². The second kappa shape index (κ2) is 11.0. The summed E-state index contributed by atoms with van der Waals surface area (Å²) in [5, 5.41) is 8.52. The predicted molar refractivity (Wildman–Crippen MR) is 165 cm³/mol. The summed E-state index contributed by atoms with van der Waals surface area (Å²) in [6.45, 7) is 6.50. The van der Waals surface area contributed by atoms with Gasteiger partial charge in [-0.05, 0) is 80.8 Å². The van der Waals surface area contributed by atoms with Crippen LogP contribution in [0, 0.1) is 18.7 Å². The van der Waals surface area contributed by atoms with Crippen molar-refractivity contribution in [2.24, 2.45) is 11.1 Å². The molecule has 3 aliphatic heterocycles. The van der Waals surface area contributed by atoms with E-state index in [2.05, 4.69) is 34.9 Å². The standard InChI is InChI=1S/C32H37FN6OS/c1-21-7-2-9-23-10-3-11-24(26(21)23)28-27(33)29-25(17-35-28)30(38-14-4-8-22(18-38)19-41-34)37-31(36-29)40-20-32-12-5-15-39(32)16-6-13-32/h2-3,7,9-11,17,22H,4-6,8,12-16,18-20,34H2,1H3. The lowest BCUT2D eigenvalue weighted by atomic mass is 9.95. The van der Waals surface area contributed by atoms with Crippen LogP contribution < -0.4 is 14.8 Å². The largest absolute Gasteiger partial charge is 0.461 e. The first-order chi connectivity index (χ1) is 20.1. The Morgan fingerprint density at radius 2 is 1.88 bits per heavy atom. The molecule has 2 N–H and O–H groups in total. The van der Waals surface area contributed by atoms with Crippen LogP contribution in [0.25, 0.3) is 32.9 Å². The molecular formula is C32H37FN6OS. The summed E-state index contributed by atoms with van der Waals surface area (Å²) in [6, 6.07) is 12.3. The van der Waals surface area contributed by atoms with Crippen molar-refractivity contribution in [3.63, 3.8) is 0 Å². The molecule has 0 aliphatic carbocycles. The average molecular weight is 573 g/mol. The molecule has 4 aromatic rings. The molecule has 41 heavy (non-hydrogen) atoms. The van der Waals surface area contributed by atoms with Crippen LogP contribution in [0.15, 0.2) is 42.6 Å². The molecule has 3 fully saturated rings. The lowest BCUT2D eigenvalue weighted by molar-refractivity contribution is 0.108. The molecule has 2 aromatic carbocycles. The second-order valence-corrected chi connectivity index (χ2v) is 12.7. The van der Waals surface area contributed by atoms with Gasteiger partial charge in [-0.2, -0.15) is 9.97 Å². The Morgan fingerprint density at radius 1 is 1.07 bits per heavy atom. The number of aryl methyl sites for hydroxylation is 1. The van der Waals surface area contributed by atoms with E-state index in [-0.39, 0.29) is 17.1 Å². The number of benzene rings is 2. The zero-order valence-electron chi connectivity index (χ0n) is 23.6. The number of aromatic nitrogens is 3. The molecule has 214 valence electrons. The Balaban J connectivity index is 1.34. The highest BCUT2D eigenvalue weighted by atomic mass is 32.2. The van der Waals surface area contributed by atoms with E-state index in [0.29, 0.717) is 29.4 Å². The van der Waals surface area contributed by atoms with Gasteiger partial charge in [0.1, 0.15) is 23.6 Å². The van der Waals surface area contributed by atoms with Crippen LogP contribution in [-0.2, 0) is 0 Å². The van der Waals surface area contributed by atoms with E-state index in [0.717, 1.165) is 79.5 Å². The fraction of sp³-hybridized carbons (Fsp3) is 0.469. The maximum atomic E-state index is 16.6. The third kappa shape index (κ3) is 4.81. The van der Waals surface area contributed by atoms with Crippen LogP contribution in [-0.4, -0.2) is 63.9 Å². The first-order valence-electron chi connectivity index (χ1n) is 14.9. The van der Waals surface area contributed by atoms with Crippen molar-refractivity contribution in [2.45, 2.75) is 51.0 Å². The summed E-state index contributed by atoms with van der Waals surface area (Å²) in [7, 11) is 0. The van der Waals surface area contributed by atoms with Gasteiger partial charge in [0.2, 0.25) is 0 Å². The van der Waals surface area contributed by atoms with Gasteiger partial charge in [-0.3, -0.25) is 15.0 Å². The number of halogens is 1. The quantitative estimate of drug-likeness (QED) is 0.265. The summed E-state index contributed by atoms with van der Waals surface area (Å²) in [5.74, 6) is 1.61. The van der Waals surface area contributed by atoms with Crippen LogP contribution >= 0.6 is 11.9 Å². The van der Waals surface area contributed by atoms with E-state index in [1.54, 1.807) is 6.20 Å². The van der Waals surface area contributed by atoms with Crippen molar-refractivity contribution in [1.82, 2.24) is 19.9 Å². The Hall–Kier alpha value is -3.01. The summed E-state index contributed by atoms with van der Waals surface area (Å²) < 4.78 is 23.0. The molecule has 9 heteroatoms. The van der Waals surface area contributed by atoms with E-state index in [9.17, 15) is 0 Å². The Morgan fingerprint density at radius 3 is 2.68 bits per heavy atom. The molecule has 3 saturated heterocycles. The molecule has 0 radical (unpaired) electrons. The van der Waals surface area contributed by atoms with Crippen molar-refractivity contribution < 1.29 is 9.13 Å². The molecule has 1 unspecified atom stereocenters. The van der Waals surface area contributed by atoms with Gasteiger partial charge in [0.05, 0.1) is 10.9 Å². The number of hydrogen-bond acceptors (Lipinski definition) is 8. The number of ether oxygens (including phenoxy) is 1. The summed E-state index contributed by atoms with van der Waals surface area (Å²) in [6.07, 6.45) is 8.55. The average Bonchev–Trinajstić information content (AvgIpc) is 3.57. The first-order valence-corrected chi connectivity index (χ1v) is 15.9. The van der Waals surface area contributed by atoms with Gasteiger partial charge >= 0.3 is 6.01 Å². The minimum absolute atomic E-state index is 0.0511. The number of nitrogens with two attached hydrogens (primary N) is 1. The zero-order chi connectivity index (χ0) is 28.0. The van der Waals surface area contributed by atoms with Gasteiger partial charge in [0.15, 0.2) is 5.82 Å². The fourth-order valence-electron chi connectivity index (χ4n) is 7.43. The molecule has 1 atom stereocenters. The smallest absolute Gasteiger partial charge is 0.319 e. The summed E-state index contributed by atoms with van der Waals surface area (Å²) >= 11 is 1.39. The van der Waals surface area contributed by atoms with Crippen molar-refractivity contribution >= 4 is 39.4 Å². The number of nitrogens with zero attached hydrogens (tertiary/aromatic N) is 5. The Labute approximate surface area is 244 Å². The lowest BCUT2D eigenvalue weighted by Crippen LogP contribution is -2.43. The summed E-state index contributed by atoms with van der Waals surface area (Å²) in [5.41, 5.74) is 2.48. The number of rotatable bonds is 7. The van der Waals surface area contributed by atoms with Crippen molar-refractivity contribution in [3.05, 3.63) is 54.0 Å². The minimum Gasteiger partial charge on any atom is -0.461 e. The molecule has 0 amide bonds. The molecular weight excluding hydrogens is 535 g/mol. The Bertz CT molecular complexity index is 1580. The normalized spacial score (nSPS) is 20.7. The lowest BCUT2D eigenvalue weighted by Gasteiger charge is -2.34. The zero-order valence-corrected chi connectivity index (χ0v) is 24.4. The van der Waals surface area contributed by atoms with E-state index >= 15 is 4.39 Å². The van der Waals surface area contributed by atoms with Crippen LogP contribution in [0.5, 0.6) is 6.01 Å². The molecule has 5 heterocycles. The van der Waals surface area contributed by atoms with Gasteiger partial charge in [0, 0.05) is 30.6 Å². The van der Waals surface area contributed by atoms with E-state index in [4.69, 9.17) is 24.8 Å². The van der Waals surface area contributed by atoms with Crippen LogP contribution in [0.4, 0.5) is 10.2 Å². The molecule has 3 aliphatic rings. The predicted octanol–water partition coefficient (Wildman–Crippen LogP) is 6.12. The van der Waals surface area contributed by atoms with Gasteiger partial charge in [-0.1, -0.05) is 48.3 Å². The van der Waals surface area contributed by atoms with Crippen molar-refractivity contribution in [3.8, 4) is 17.3 Å². The van der Waals surface area contributed by atoms with Crippen molar-refractivity contribution in [2.75, 3.05) is 43.4 Å². The van der Waals surface area contributed by atoms with Crippen LogP contribution in [0.2, 0.25) is 0 Å². The van der Waals surface area contributed by atoms with E-state index in [1.165, 1.54) is 24.8 Å². The summed E-state index contributed by atoms with van der Waals surface area (Å²) in [4.78, 5) is 19.2. The second-order valence-electron chi connectivity index (χ2n) is 12.0. The molecule has 2 aromatic heterocycles. The molecule has 7 rings (SSSR count). The highest BCUT2D eigenvalue weighted by Gasteiger charge is 2.45. The molecule has 0 saturated carbocycles. The fourth-order valence-corrected chi connectivity index (χ4v) is 7.97. The van der Waals surface area contributed by atoms with Gasteiger partial charge in [-0.25, -0.2) is 4.39 Å². The maximum absolute atomic E-state index is 16.6. The number of anilines is 1. The molecule has 7 nitrogen and oxygen atoms in total. The highest BCUT2D eigenvalue weighted by molar-refractivity contribution is 7.97. The van der Waals surface area contributed by atoms with Gasteiger partial charge in [0.25, 0.3) is 0 Å². The van der Waals surface area contributed by atoms with Crippen LogP contribution in [0.1, 0.15) is 44.1 Å². The number of hydrogen-bond donors (Lipinski definition) is 1. The van der Waals surface area contributed by atoms with Crippen LogP contribution in [0.3, 0.4) is 0 Å². The number of piperidine rings is 1. The SMILES string of the molecule is Cc1cccc2cccc(-c3ncc4c(N5CCCC(CSN)C5)nc(OCC56CCCN5CCC6)nc4c3F)c12. The van der Waals surface area contributed by atoms with E-state index in [1.807, 2.05) is 18.2 Å². The minimum atomic E-state index is -0.431. The molecule has 0 bridgehead atoms. The number of fused-ring (bicyclic) bond motifs is 3. The van der Waals surface area contributed by atoms with Gasteiger partial charge in [-0.15, -0.1) is 0 Å². The van der Waals surface area contributed by atoms with E-state index < -0.39 is 5.82 Å². The maximum Gasteiger partial charge on any atom is 0.319 e. The Kier molecular flexibility index (Phi) is 7.21. The highest BCUT2D eigenvalue weighted by Crippen LogP contribution is 2.40. The third-order valence-corrected chi connectivity index (χ3v) is 10.1. The number of pyridine rings is 1. The van der Waals surface area contributed by atoms with Gasteiger partial charge < -0.3 is 9.64 Å². The topological polar surface area (TPSA) is 80.4 Å². The monoisotopic (exact) mass is 572 g/mol. The first kappa shape index (κ1) is 26.9.